The largest absolute Gasteiger partial charge is 0.417 e. The van der Waals surface area contributed by atoms with Crippen LogP contribution in [0.4, 0.5) is 23.2 Å². The van der Waals surface area contributed by atoms with Gasteiger partial charge in [0.2, 0.25) is 5.91 Å². The highest BCUT2D eigenvalue weighted by Gasteiger charge is 2.50. The molecule has 2 heterocycles. The zero-order valence-electron chi connectivity index (χ0n) is 20.5. The van der Waals surface area contributed by atoms with Crippen LogP contribution in [0.2, 0.25) is 0 Å². The topological polar surface area (TPSA) is 81.0 Å². The number of carbonyl (C=O) groups is 1. The Bertz CT molecular complexity index is 1220. The van der Waals surface area contributed by atoms with Gasteiger partial charge in [0, 0.05) is 41.1 Å². The van der Waals surface area contributed by atoms with Gasteiger partial charge in [-0.25, -0.2) is 4.39 Å². The van der Waals surface area contributed by atoms with Crippen molar-refractivity contribution in [1.29, 1.82) is 5.26 Å². The van der Waals surface area contributed by atoms with E-state index in [0.717, 1.165) is 0 Å². The molecule has 1 aliphatic carbocycles. The minimum absolute atomic E-state index is 0.263. The fourth-order valence-corrected chi connectivity index (χ4v) is 5.27. The van der Waals surface area contributed by atoms with Crippen LogP contribution in [-0.4, -0.2) is 59.5 Å². The Morgan fingerprint density at radius 1 is 1.35 bits per heavy atom. The summed E-state index contributed by atoms with van der Waals surface area (Å²) in [4.78, 5) is 18.5. The lowest BCUT2D eigenvalue weighted by Gasteiger charge is -2.22. The third-order valence-corrected chi connectivity index (χ3v) is 8.02. The Hall–Kier alpha value is -2.84. The number of halogens is 4. The summed E-state index contributed by atoms with van der Waals surface area (Å²) >= 11 is 1.18. The number of nitrogens with one attached hydrogen (secondary N) is 2. The number of aromatic nitrogens is 1. The number of nitrogens with zero attached hydrogens (tertiary/aromatic N) is 3. The predicted molar refractivity (Wildman–Crippen MR) is 137 cm³/mol. The van der Waals surface area contributed by atoms with Gasteiger partial charge in [-0.1, -0.05) is 18.7 Å². The third-order valence-electron chi connectivity index (χ3n) is 6.78. The first-order valence-corrected chi connectivity index (χ1v) is 13.2. The van der Waals surface area contributed by atoms with Gasteiger partial charge in [-0.15, -0.1) is 11.8 Å². The number of rotatable bonds is 8. The molecule has 4 rings (SSSR count). The fourth-order valence-electron chi connectivity index (χ4n) is 4.31. The highest BCUT2D eigenvalue weighted by Crippen LogP contribution is 2.45. The second-order valence-corrected chi connectivity index (χ2v) is 10.7. The van der Waals surface area contributed by atoms with Gasteiger partial charge in [-0.05, 0) is 51.3 Å². The van der Waals surface area contributed by atoms with Crippen molar-refractivity contribution < 1.29 is 22.4 Å². The average molecular weight is 536 g/mol. The maximum atomic E-state index is 14.8. The van der Waals surface area contributed by atoms with Crippen molar-refractivity contribution in [2.45, 2.75) is 49.8 Å². The van der Waals surface area contributed by atoms with Crippen LogP contribution in [0.5, 0.6) is 0 Å². The molecule has 2 atom stereocenters. The van der Waals surface area contributed by atoms with E-state index in [9.17, 15) is 22.4 Å². The molecule has 1 aromatic carbocycles. The highest BCUT2D eigenvalue weighted by atomic mass is 32.2. The number of hydrogen-bond donors (Lipinski definition) is 2. The van der Waals surface area contributed by atoms with Gasteiger partial charge in [0.25, 0.3) is 0 Å². The van der Waals surface area contributed by atoms with Crippen LogP contribution in [0, 0.1) is 16.7 Å². The molecule has 6 nitrogen and oxygen atoms in total. The van der Waals surface area contributed by atoms with Crippen LogP contribution in [0.1, 0.15) is 37.1 Å². The second kappa shape index (κ2) is 10.9. The molecule has 0 radical (unpaired) electrons. The van der Waals surface area contributed by atoms with Gasteiger partial charge < -0.3 is 10.6 Å². The zero-order chi connectivity index (χ0) is 26.8. The molecule has 2 fully saturated rings. The number of allylic oxidation sites excluding steroid dienone is 1. The molecule has 11 heteroatoms. The first-order chi connectivity index (χ1) is 17.5. The molecule has 1 aromatic heterocycles. The van der Waals surface area contributed by atoms with E-state index >= 15 is 0 Å². The van der Waals surface area contributed by atoms with Crippen LogP contribution in [0.15, 0.2) is 30.8 Å². The summed E-state index contributed by atoms with van der Waals surface area (Å²) in [5.74, 6) is 0.247. The quantitative estimate of drug-likeness (QED) is 0.354. The SMILES string of the molecule is C=C(c1nc(CCCNC(=O)C2(C#N)CC2)cc2c(N[C@@H]3CCN(C)CS[C@@H]3F)cccc12)C(F)(F)F. The summed E-state index contributed by atoms with van der Waals surface area (Å²) in [5, 5.41) is 15.9. The molecule has 1 aliphatic heterocycles. The Morgan fingerprint density at radius 3 is 2.78 bits per heavy atom. The van der Waals surface area contributed by atoms with E-state index in [1.54, 1.807) is 24.3 Å². The minimum Gasteiger partial charge on any atom is -0.378 e. The number of fused-ring (bicyclic) bond motifs is 1. The molecule has 1 saturated heterocycles. The Morgan fingerprint density at radius 2 is 2.11 bits per heavy atom. The van der Waals surface area contributed by atoms with Crippen LogP contribution >= 0.6 is 11.8 Å². The van der Waals surface area contributed by atoms with Crippen molar-refractivity contribution in [3.05, 3.63) is 42.2 Å². The summed E-state index contributed by atoms with van der Waals surface area (Å²) in [6.07, 6.45) is -2.32. The van der Waals surface area contributed by atoms with Crippen molar-refractivity contribution in [2.75, 3.05) is 31.3 Å². The smallest absolute Gasteiger partial charge is 0.378 e. The number of aryl methyl sites for hydroxylation is 1. The molecule has 1 saturated carbocycles. The average Bonchev–Trinajstić information content (AvgIpc) is 3.68. The summed E-state index contributed by atoms with van der Waals surface area (Å²) in [7, 11) is 1.92. The monoisotopic (exact) mass is 535 g/mol. The number of hydrogen-bond acceptors (Lipinski definition) is 6. The second-order valence-electron chi connectivity index (χ2n) is 9.66. The normalized spacial score (nSPS) is 21.6. The number of thioether (sulfide) groups is 1. The van der Waals surface area contributed by atoms with Crippen molar-refractivity contribution in [3.8, 4) is 6.07 Å². The minimum atomic E-state index is -4.67. The van der Waals surface area contributed by atoms with E-state index in [4.69, 9.17) is 5.26 Å². The summed E-state index contributed by atoms with van der Waals surface area (Å²) < 4.78 is 55.8. The van der Waals surface area contributed by atoms with E-state index in [1.807, 2.05) is 18.0 Å². The van der Waals surface area contributed by atoms with Gasteiger partial charge in [0.15, 0.2) is 5.50 Å². The molecule has 198 valence electrons. The number of amides is 1. The van der Waals surface area contributed by atoms with Crippen molar-refractivity contribution in [1.82, 2.24) is 15.2 Å². The molecule has 2 aliphatic rings. The first-order valence-electron chi connectivity index (χ1n) is 12.1. The van der Waals surface area contributed by atoms with E-state index in [1.165, 1.54) is 11.8 Å². The Balaban J connectivity index is 1.60. The molecule has 2 N–H and O–H groups in total. The zero-order valence-corrected chi connectivity index (χ0v) is 21.3. The van der Waals surface area contributed by atoms with Crippen LogP contribution in [0.25, 0.3) is 16.3 Å². The van der Waals surface area contributed by atoms with Gasteiger partial charge in [0.1, 0.15) is 5.41 Å². The fraction of sp³-hybridized carbons (Fsp3) is 0.500. The Labute approximate surface area is 217 Å². The highest BCUT2D eigenvalue weighted by molar-refractivity contribution is 7.99. The first kappa shape index (κ1) is 27.2. The number of alkyl halides is 4. The van der Waals surface area contributed by atoms with E-state index < -0.39 is 28.7 Å². The predicted octanol–water partition coefficient (Wildman–Crippen LogP) is 5.27. The molecule has 1 amide bonds. The van der Waals surface area contributed by atoms with Crippen molar-refractivity contribution in [3.63, 3.8) is 0 Å². The van der Waals surface area contributed by atoms with Gasteiger partial charge in [-0.2, -0.15) is 18.4 Å². The number of pyridine rings is 1. The maximum Gasteiger partial charge on any atom is 0.417 e. The van der Waals surface area contributed by atoms with E-state index in [2.05, 4.69) is 22.2 Å². The van der Waals surface area contributed by atoms with E-state index in [-0.39, 0.29) is 23.5 Å². The molecule has 0 bridgehead atoms. The number of nitriles is 1. The number of benzene rings is 1. The molecule has 2 aromatic rings. The molecule has 0 spiro atoms. The Kier molecular flexibility index (Phi) is 7.99. The van der Waals surface area contributed by atoms with Crippen LogP contribution in [0.3, 0.4) is 0 Å². The lowest BCUT2D eigenvalue weighted by Crippen LogP contribution is -2.32. The van der Waals surface area contributed by atoms with E-state index in [0.29, 0.717) is 61.3 Å². The van der Waals surface area contributed by atoms with Gasteiger partial charge in [0.05, 0.1) is 23.4 Å². The lowest BCUT2D eigenvalue weighted by molar-refractivity contribution is -0.124. The molecule has 0 unspecified atom stereocenters. The molecule has 37 heavy (non-hydrogen) atoms. The molecular weight excluding hydrogens is 506 g/mol. The van der Waals surface area contributed by atoms with Gasteiger partial charge in [-0.3, -0.25) is 14.7 Å². The van der Waals surface area contributed by atoms with Crippen molar-refractivity contribution in [2.24, 2.45) is 5.41 Å². The lowest BCUT2D eigenvalue weighted by atomic mass is 10.0. The summed E-state index contributed by atoms with van der Waals surface area (Å²) in [5.41, 5.74) is -2.47. The summed E-state index contributed by atoms with van der Waals surface area (Å²) in [6, 6.07) is 8.16. The number of anilines is 1. The van der Waals surface area contributed by atoms with Crippen LogP contribution < -0.4 is 10.6 Å². The van der Waals surface area contributed by atoms with Gasteiger partial charge >= 0.3 is 6.18 Å². The molecular formula is C26H29F4N5OS. The van der Waals surface area contributed by atoms with Crippen molar-refractivity contribution >= 4 is 39.7 Å². The third kappa shape index (κ3) is 6.18. The number of carbonyl (C=O) groups excluding carboxylic acids is 1. The maximum absolute atomic E-state index is 14.8. The summed E-state index contributed by atoms with van der Waals surface area (Å²) in [6.45, 7) is 4.23. The standard InChI is InChI=1S/C26H29F4N5OS/c1-16(26(28,29)30)22-18-6-3-7-20(34-21-8-12-35(2)15-37-23(21)27)19(18)13-17(33-22)5-4-11-32-24(36)25(14-31)9-10-25/h3,6-7,13,21,23,34H,1,4-5,8-12,15H2,2H3,(H,32,36)/t21-,23+/m1/s1. The van der Waals surface area contributed by atoms with Crippen LogP contribution in [-0.2, 0) is 11.2 Å².